The van der Waals surface area contributed by atoms with Crippen molar-refractivity contribution >= 4 is 16.5 Å². The molecule has 0 aliphatic heterocycles. The van der Waals surface area contributed by atoms with Crippen molar-refractivity contribution in [3.63, 3.8) is 0 Å². The van der Waals surface area contributed by atoms with Crippen molar-refractivity contribution in [2.75, 3.05) is 5.32 Å². The van der Waals surface area contributed by atoms with E-state index in [9.17, 15) is 0 Å². The molecule has 0 spiro atoms. The molecule has 3 rings (SSSR count). The molecule has 1 N–H and O–H groups in total. The molecule has 0 radical (unpaired) electrons. The van der Waals surface area contributed by atoms with E-state index in [4.69, 9.17) is 0 Å². The van der Waals surface area contributed by atoms with Crippen LogP contribution in [0.2, 0.25) is 0 Å². The normalized spacial score (nSPS) is 18.4. The minimum atomic E-state index is 0.532. The predicted molar refractivity (Wildman–Crippen MR) is 77.5 cm³/mol. The number of fused-ring (bicyclic) bond motifs is 1. The van der Waals surface area contributed by atoms with E-state index in [0.717, 1.165) is 17.2 Å². The Morgan fingerprint density at radius 1 is 1.22 bits per heavy atom. The Balaban J connectivity index is 1.73. The first-order chi connectivity index (χ1) is 8.72. The Morgan fingerprint density at radius 3 is 2.72 bits per heavy atom. The van der Waals surface area contributed by atoms with Gasteiger partial charge in [0.25, 0.3) is 0 Å². The average molecular weight is 258 g/mol. The molecular formula is C15H18N2S. The Morgan fingerprint density at radius 2 is 2.00 bits per heavy atom. The third-order valence-corrected chi connectivity index (χ3v) is 4.71. The molecule has 3 heteroatoms. The fraction of sp³-hybridized carbons (Fsp3) is 0.400. The van der Waals surface area contributed by atoms with Crippen LogP contribution in [0, 0.1) is 13.8 Å². The molecule has 1 heterocycles. The molecule has 0 amide bonds. The van der Waals surface area contributed by atoms with Gasteiger partial charge in [0, 0.05) is 10.9 Å². The van der Waals surface area contributed by atoms with E-state index in [2.05, 4.69) is 48.4 Å². The first-order valence-electron chi connectivity index (χ1n) is 6.50. The molecule has 1 unspecified atom stereocenters. The van der Waals surface area contributed by atoms with Gasteiger partial charge in [-0.15, -0.1) is 11.3 Å². The highest BCUT2D eigenvalue weighted by Crippen LogP contribution is 2.26. The van der Waals surface area contributed by atoms with E-state index >= 15 is 0 Å². The third kappa shape index (κ3) is 2.27. The van der Waals surface area contributed by atoms with Gasteiger partial charge in [-0.25, -0.2) is 4.98 Å². The smallest absolute Gasteiger partial charge is 0.183 e. The number of thiazole rings is 1. The van der Waals surface area contributed by atoms with Crippen LogP contribution >= 0.6 is 11.3 Å². The van der Waals surface area contributed by atoms with Gasteiger partial charge in [-0.05, 0) is 44.2 Å². The van der Waals surface area contributed by atoms with Crippen LogP contribution in [0.25, 0.3) is 0 Å². The van der Waals surface area contributed by atoms with Gasteiger partial charge in [-0.3, -0.25) is 0 Å². The van der Waals surface area contributed by atoms with Crippen LogP contribution in [0.15, 0.2) is 24.3 Å². The highest BCUT2D eigenvalue weighted by atomic mass is 32.1. The standard InChI is InChI=1S/C15H18N2S/c1-10-11(2)18-15(16-10)17-14-8-7-12-5-3-4-6-13(12)9-14/h3-6,14H,7-9H2,1-2H3,(H,16,17). The zero-order valence-corrected chi connectivity index (χ0v) is 11.7. The molecule has 1 aliphatic carbocycles. The second kappa shape index (κ2) is 4.73. The predicted octanol–water partition coefficient (Wildman–Crippen LogP) is 3.73. The largest absolute Gasteiger partial charge is 0.358 e. The summed E-state index contributed by atoms with van der Waals surface area (Å²) < 4.78 is 0. The monoisotopic (exact) mass is 258 g/mol. The zero-order chi connectivity index (χ0) is 12.5. The van der Waals surface area contributed by atoms with Crippen molar-refractivity contribution in [2.45, 2.75) is 39.2 Å². The van der Waals surface area contributed by atoms with Crippen molar-refractivity contribution in [3.05, 3.63) is 46.0 Å². The average Bonchev–Trinajstić information content (AvgIpc) is 2.68. The first kappa shape index (κ1) is 11.7. The fourth-order valence-electron chi connectivity index (χ4n) is 2.53. The number of nitrogens with zero attached hydrogens (tertiary/aromatic N) is 1. The molecule has 18 heavy (non-hydrogen) atoms. The van der Waals surface area contributed by atoms with E-state index in [1.54, 1.807) is 11.3 Å². The molecule has 1 aromatic heterocycles. The van der Waals surface area contributed by atoms with E-state index in [0.29, 0.717) is 6.04 Å². The Labute approximate surface area is 112 Å². The molecule has 0 fully saturated rings. The van der Waals surface area contributed by atoms with E-state index in [1.807, 2.05) is 0 Å². The number of nitrogens with one attached hydrogen (secondary N) is 1. The number of aromatic nitrogens is 1. The first-order valence-corrected chi connectivity index (χ1v) is 7.31. The lowest BCUT2D eigenvalue weighted by molar-refractivity contribution is 0.610. The van der Waals surface area contributed by atoms with Crippen LogP contribution in [0.5, 0.6) is 0 Å². The molecule has 1 aliphatic rings. The number of hydrogen-bond donors (Lipinski definition) is 1. The third-order valence-electron chi connectivity index (χ3n) is 3.70. The summed E-state index contributed by atoms with van der Waals surface area (Å²) >= 11 is 1.77. The lowest BCUT2D eigenvalue weighted by Crippen LogP contribution is -2.27. The lowest BCUT2D eigenvalue weighted by atomic mass is 9.88. The fourth-order valence-corrected chi connectivity index (χ4v) is 3.42. The highest BCUT2D eigenvalue weighted by Gasteiger charge is 2.19. The molecule has 0 bridgehead atoms. The van der Waals surface area contributed by atoms with Gasteiger partial charge in [0.05, 0.1) is 5.69 Å². The minimum absolute atomic E-state index is 0.532. The van der Waals surface area contributed by atoms with Gasteiger partial charge >= 0.3 is 0 Å². The molecule has 2 nitrogen and oxygen atoms in total. The molecule has 1 aromatic carbocycles. The van der Waals surface area contributed by atoms with Gasteiger partial charge in [0.2, 0.25) is 0 Å². The SMILES string of the molecule is Cc1nc(NC2CCc3ccccc3C2)sc1C. The topological polar surface area (TPSA) is 24.9 Å². The number of anilines is 1. The summed E-state index contributed by atoms with van der Waals surface area (Å²) in [6.07, 6.45) is 3.50. The molecular weight excluding hydrogens is 240 g/mol. The quantitative estimate of drug-likeness (QED) is 0.888. The number of hydrogen-bond acceptors (Lipinski definition) is 3. The van der Waals surface area contributed by atoms with Gasteiger partial charge in [-0.1, -0.05) is 24.3 Å². The Hall–Kier alpha value is -1.35. The highest BCUT2D eigenvalue weighted by molar-refractivity contribution is 7.15. The molecule has 94 valence electrons. The zero-order valence-electron chi connectivity index (χ0n) is 10.9. The van der Waals surface area contributed by atoms with Gasteiger partial charge in [-0.2, -0.15) is 0 Å². The van der Waals surface area contributed by atoms with Crippen molar-refractivity contribution in [1.29, 1.82) is 0 Å². The van der Waals surface area contributed by atoms with Crippen LogP contribution in [0.4, 0.5) is 5.13 Å². The van der Waals surface area contributed by atoms with Crippen molar-refractivity contribution in [3.8, 4) is 0 Å². The van der Waals surface area contributed by atoms with E-state index in [-0.39, 0.29) is 0 Å². The maximum Gasteiger partial charge on any atom is 0.183 e. The van der Waals surface area contributed by atoms with E-state index < -0.39 is 0 Å². The molecule has 0 saturated carbocycles. The van der Waals surface area contributed by atoms with Crippen LogP contribution in [-0.4, -0.2) is 11.0 Å². The van der Waals surface area contributed by atoms with Crippen LogP contribution < -0.4 is 5.32 Å². The summed E-state index contributed by atoms with van der Waals surface area (Å²) in [6.45, 7) is 4.21. The molecule has 0 saturated heterocycles. The minimum Gasteiger partial charge on any atom is -0.358 e. The van der Waals surface area contributed by atoms with Crippen molar-refractivity contribution < 1.29 is 0 Å². The summed E-state index contributed by atoms with van der Waals surface area (Å²) in [5.74, 6) is 0. The van der Waals surface area contributed by atoms with E-state index in [1.165, 1.54) is 28.8 Å². The van der Waals surface area contributed by atoms with Gasteiger partial charge in [0.15, 0.2) is 5.13 Å². The maximum absolute atomic E-state index is 4.57. The second-order valence-electron chi connectivity index (χ2n) is 5.01. The van der Waals surface area contributed by atoms with Crippen LogP contribution in [-0.2, 0) is 12.8 Å². The van der Waals surface area contributed by atoms with Gasteiger partial charge in [0.1, 0.15) is 0 Å². The van der Waals surface area contributed by atoms with Crippen molar-refractivity contribution in [2.24, 2.45) is 0 Å². The summed E-state index contributed by atoms with van der Waals surface area (Å²) in [4.78, 5) is 5.88. The van der Waals surface area contributed by atoms with Crippen LogP contribution in [0.3, 0.4) is 0 Å². The lowest BCUT2D eigenvalue weighted by Gasteiger charge is -2.25. The number of benzene rings is 1. The number of rotatable bonds is 2. The van der Waals surface area contributed by atoms with Crippen molar-refractivity contribution in [1.82, 2.24) is 4.98 Å². The summed E-state index contributed by atoms with van der Waals surface area (Å²) in [6, 6.07) is 9.31. The Kier molecular flexibility index (Phi) is 3.08. The Bertz CT molecular complexity index is 540. The molecule has 1 atom stereocenters. The van der Waals surface area contributed by atoms with Crippen LogP contribution in [0.1, 0.15) is 28.1 Å². The second-order valence-corrected chi connectivity index (χ2v) is 6.22. The summed E-state index contributed by atoms with van der Waals surface area (Å²) in [5.41, 5.74) is 4.16. The number of aryl methyl sites for hydroxylation is 3. The summed E-state index contributed by atoms with van der Waals surface area (Å²) in [7, 11) is 0. The maximum atomic E-state index is 4.57. The van der Waals surface area contributed by atoms with Gasteiger partial charge < -0.3 is 5.32 Å². The summed E-state index contributed by atoms with van der Waals surface area (Å²) in [5, 5.41) is 4.67. The molecule has 2 aromatic rings.